The molecular weight excluding hydrogens is 314 g/mol. The average Bonchev–Trinajstić information content (AvgIpc) is 2.95. The minimum Gasteiger partial charge on any atom is -0.208 e. The van der Waals surface area contributed by atoms with Crippen molar-refractivity contribution in [1.82, 2.24) is 4.72 Å². The van der Waals surface area contributed by atoms with E-state index in [1.54, 1.807) is 6.07 Å². The van der Waals surface area contributed by atoms with E-state index in [2.05, 4.69) is 27.6 Å². The Morgan fingerprint density at radius 3 is 2.78 bits per heavy atom. The largest absolute Gasteiger partial charge is 0.241 e. The number of rotatable bonds is 5. The third-order valence-corrected chi connectivity index (χ3v) is 5.73. The molecule has 2 unspecified atom stereocenters. The van der Waals surface area contributed by atoms with Crippen LogP contribution < -0.4 is 4.72 Å². The van der Waals surface area contributed by atoms with Crippen LogP contribution in [-0.4, -0.2) is 14.5 Å². The summed E-state index contributed by atoms with van der Waals surface area (Å²) in [6.45, 7) is 4.06. The molecule has 1 aliphatic rings. The Hall–Kier alpha value is -0.390. The molecule has 1 aliphatic carbocycles. The van der Waals surface area contributed by atoms with Gasteiger partial charge in [0.15, 0.2) is 0 Å². The van der Waals surface area contributed by atoms with Crippen molar-refractivity contribution < 1.29 is 8.42 Å². The molecule has 1 aromatic carbocycles. The summed E-state index contributed by atoms with van der Waals surface area (Å²) in [6.07, 6.45) is 3.18. The molecule has 0 spiro atoms. The van der Waals surface area contributed by atoms with Gasteiger partial charge in [-0.3, -0.25) is 0 Å². The monoisotopic (exact) mass is 331 g/mol. The standard InChI is InChI=1S/C13H18BrNO2S/c1-3-4-10-8-12(10)15-18(16,17)13-6-5-9(2)7-11(13)14/h5-7,10,12,15H,3-4,8H2,1-2H3. The van der Waals surface area contributed by atoms with Gasteiger partial charge in [-0.25, -0.2) is 13.1 Å². The molecule has 1 N–H and O–H groups in total. The molecule has 18 heavy (non-hydrogen) atoms. The lowest BCUT2D eigenvalue weighted by molar-refractivity contribution is 0.572. The number of aryl methyl sites for hydroxylation is 1. The van der Waals surface area contributed by atoms with E-state index >= 15 is 0 Å². The molecule has 0 aliphatic heterocycles. The highest BCUT2D eigenvalue weighted by molar-refractivity contribution is 9.10. The third-order valence-electron chi connectivity index (χ3n) is 3.27. The van der Waals surface area contributed by atoms with Gasteiger partial charge in [0.25, 0.3) is 0 Å². The van der Waals surface area contributed by atoms with Gasteiger partial charge in [-0.2, -0.15) is 0 Å². The van der Waals surface area contributed by atoms with Gasteiger partial charge in [-0.05, 0) is 59.3 Å². The molecule has 0 aromatic heterocycles. The molecule has 100 valence electrons. The topological polar surface area (TPSA) is 46.2 Å². The van der Waals surface area contributed by atoms with Crippen molar-refractivity contribution >= 4 is 26.0 Å². The molecular formula is C13H18BrNO2S. The van der Waals surface area contributed by atoms with Crippen molar-refractivity contribution in [3.05, 3.63) is 28.2 Å². The van der Waals surface area contributed by atoms with Gasteiger partial charge in [-0.1, -0.05) is 19.4 Å². The zero-order valence-corrected chi connectivity index (χ0v) is 13.0. The van der Waals surface area contributed by atoms with Crippen LogP contribution in [0.25, 0.3) is 0 Å². The minimum atomic E-state index is -3.39. The van der Waals surface area contributed by atoms with E-state index in [0.29, 0.717) is 15.3 Å². The second-order valence-electron chi connectivity index (χ2n) is 4.95. The Morgan fingerprint density at radius 1 is 1.44 bits per heavy atom. The van der Waals surface area contributed by atoms with Gasteiger partial charge in [0.05, 0.1) is 4.90 Å². The van der Waals surface area contributed by atoms with Crippen molar-refractivity contribution in [1.29, 1.82) is 0 Å². The summed E-state index contributed by atoms with van der Waals surface area (Å²) in [5.74, 6) is 0.522. The average molecular weight is 332 g/mol. The van der Waals surface area contributed by atoms with Gasteiger partial charge in [-0.15, -0.1) is 0 Å². The fourth-order valence-corrected chi connectivity index (χ4v) is 4.68. The lowest BCUT2D eigenvalue weighted by atomic mass is 10.2. The second kappa shape index (κ2) is 5.31. The predicted octanol–water partition coefficient (Wildman–Crippen LogP) is 3.22. The highest BCUT2D eigenvalue weighted by Crippen LogP contribution is 2.36. The lowest BCUT2D eigenvalue weighted by Crippen LogP contribution is -2.27. The number of hydrogen-bond donors (Lipinski definition) is 1. The molecule has 5 heteroatoms. The Kier molecular flexibility index (Phi) is 4.14. The maximum Gasteiger partial charge on any atom is 0.241 e. The first-order valence-electron chi connectivity index (χ1n) is 6.22. The quantitative estimate of drug-likeness (QED) is 0.900. The second-order valence-corrected chi connectivity index (χ2v) is 7.48. The molecule has 2 rings (SSSR count). The fraction of sp³-hybridized carbons (Fsp3) is 0.538. The zero-order chi connectivity index (χ0) is 13.3. The van der Waals surface area contributed by atoms with E-state index in [0.717, 1.165) is 24.8 Å². The molecule has 0 amide bonds. The van der Waals surface area contributed by atoms with Gasteiger partial charge in [0, 0.05) is 10.5 Å². The Balaban J connectivity index is 2.12. The molecule has 0 heterocycles. The van der Waals surface area contributed by atoms with E-state index in [1.807, 2.05) is 19.1 Å². The van der Waals surface area contributed by atoms with Crippen LogP contribution in [0.5, 0.6) is 0 Å². The van der Waals surface area contributed by atoms with E-state index < -0.39 is 10.0 Å². The van der Waals surface area contributed by atoms with Crippen molar-refractivity contribution in [2.45, 2.75) is 44.0 Å². The molecule has 0 radical (unpaired) electrons. The van der Waals surface area contributed by atoms with Crippen LogP contribution in [0.2, 0.25) is 0 Å². The van der Waals surface area contributed by atoms with E-state index in [-0.39, 0.29) is 6.04 Å². The van der Waals surface area contributed by atoms with Crippen molar-refractivity contribution in [2.75, 3.05) is 0 Å². The van der Waals surface area contributed by atoms with E-state index in [4.69, 9.17) is 0 Å². The van der Waals surface area contributed by atoms with Gasteiger partial charge < -0.3 is 0 Å². The van der Waals surface area contributed by atoms with Crippen molar-refractivity contribution in [3.8, 4) is 0 Å². The first-order chi connectivity index (χ1) is 8.44. The number of hydrogen-bond acceptors (Lipinski definition) is 2. The Bertz CT molecular complexity index is 542. The minimum absolute atomic E-state index is 0.128. The molecule has 0 saturated heterocycles. The smallest absolute Gasteiger partial charge is 0.208 e. The summed E-state index contributed by atoms with van der Waals surface area (Å²) < 4.78 is 27.9. The summed E-state index contributed by atoms with van der Waals surface area (Å²) in [5.41, 5.74) is 1.04. The first kappa shape index (κ1) is 14.0. The van der Waals surface area contributed by atoms with Crippen molar-refractivity contribution in [3.63, 3.8) is 0 Å². The maximum absolute atomic E-state index is 12.2. The van der Waals surface area contributed by atoms with Gasteiger partial charge >= 0.3 is 0 Å². The SMILES string of the molecule is CCCC1CC1NS(=O)(=O)c1ccc(C)cc1Br. The fourth-order valence-electron chi connectivity index (χ4n) is 2.17. The van der Waals surface area contributed by atoms with Crippen LogP contribution in [0.3, 0.4) is 0 Å². The van der Waals surface area contributed by atoms with E-state index in [1.165, 1.54) is 0 Å². The molecule has 2 atom stereocenters. The first-order valence-corrected chi connectivity index (χ1v) is 8.50. The van der Waals surface area contributed by atoms with E-state index in [9.17, 15) is 8.42 Å². The normalized spacial score (nSPS) is 23.1. The summed E-state index contributed by atoms with van der Waals surface area (Å²) in [4.78, 5) is 0.329. The summed E-state index contributed by atoms with van der Waals surface area (Å²) in [6, 6.07) is 5.42. The zero-order valence-electron chi connectivity index (χ0n) is 10.6. The Morgan fingerprint density at radius 2 is 2.17 bits per heavy atom. The molecule has 1 fully saturated rings. The van der Waals surface area contributed by atoms with Crippen LogP contribution >= 0.6 is 15.9 Å². The number of halogens is 1. The molecule has 1 aromatic rings. The van der Waals surface area contributed by atoms with Gasteiger partial charge in [0.1, 0.15) is 0 Å². The number of benzene rings is 1. The summed E-state index contributed by atoms with van der Waals surface area (Å²) in [5, 5.41) is 0. The highest BCUT2D eigenvalue weighted by Gasteiger charge is 2.39. The summed E-state index contributed by atoms with van der Waals surface area (Å²) >= 11 is 3.32. The third kappa shape index (κ3) is 3.13. The van der Waals surface area contributed by atoms with Crippen molar-refractivity contribution in [2.24, 2.45) is 5.92 Å². The number of nitrogens with one attached hydrogen (secondary N) is 1. The van der Waals surface area contributed by atoms with Crippen LogP contribution in [0, 0.1) is 12.8 Å². The lowest BCUT2D eigenvalue weighted by Gasteiger charge is -2.08. The predicted molar refractivity (Wildman–Crippen MR) is 76.0 cm³/mol. The van der Waals surface area contributed by atoms with Gasteiger partial charge in [0.2, 0.25) is 10.0 Å². The molecule has 0 bridgehead atoms. The van der Waals surface area contributed by atoms with Crippen LogP contribution in [-0.2, 0) is 10.0 Å². The molecule has 3 nitrogen and oxygen atoms in total. The Labute approximate surface area is 117 Å². The summed E-state index contributed by atoms with van der Waals surface area (Å²) in [7, 11) is -3.39. The van der Waals surface area contributed by atoms with Crippen LogP contribution in [0.15, 0.2) is 27.6 Å². The maximum atomic E-state index is 12.2. The number of sulfonamides is 1. The van der Waals surface area contributed by atoms with Crippen LogP contribution in [0.1, 0.15) is 31.7 Å². The molecule has 1 saturated carbocycles. The highest BCUT2D eigenvalue weighted by atomic mass is 79.9. The van der Waals surface area contributed by atoms with Crippen LogP contribution in [0.4, 0.5) is 0 Å².